The zero-order valence-electron chi connectivity index (χ0n) is 20.0. The summed E-state index contributed by atoms with van der Waals surface area (Å²) in [6, 6.07) is 0. The fraction of sp³-hybridized carbons (Fsp3) is 1.00. The van der Waals surface area contributed by atoms with E-state index in [1.165, 1.54) is 103 Å². The van der Waals surface area contributed by atoms with Crippen LogP contribution in [0.5, 0.6) is 0 Å². The van der Waals surface area contributed by atoms with Crippen LogP contribution in [-0.4, -0.2) is 60.7 Å². The molecule has 4 heteroatoms. The van der Waals surface area contributed by atoms with Crippen LogP contribution in [0.3, 0.4) is 0 Å². The van der Waals surface area contributed by atoms with Crippen molar-refractivity contribution in [2.24, 2.45) is 0 Å². The molecule has 174 valence electrons. The van der Waals surface area contributed by atoms with Crippen LogP contribution < -0.4 is 0 Å². The van der Waals surface area contributed by atoms with Gasteiger partial charge in [-0.15, -0.1) is 11.8 Å². The number of likely N-dealkylation sites (N-methyl/N-ethyl adjacent to an activating group) is 1. The van der Waals surface area contributed by atoms with E-state index in [2.05, 4.69) is 21.0 Å². The largest absolute Gasteiger partial charge is 0.391 e. The molecule has 1 heterocycles. The van der Waals surface area contributed by atoms with Crippen molar-refractivity contribution in [3.63, 3.8) is 0 Å². The maximum Gasteiger partial charge on any atom is 0.117 e. The number of ether oxygens (including phenoxy) is 1. The molecule has 0 saturated carbocycles. The Labute approximate surface area is 186 Å². The molecule has 0 spiro atoms. The van der Waals surface area contributed by atoms with Gasteiger partial charge in [-0.05, 0) is 12.8 Å². The van der Waals surface area contributed by atoms with Crippen LogP contribution in [0.15, 0.2) is 0 Å². The number of thioether (sulfide) groups is 1. The van der Waals surface area contributed by atoms with Crippen molar-refractivity contribution in [1.29, 1.82) is 0 Å². The van der Waals surface area contributed by atoms with Crippen LogP contribution in [0.2, 0.25) is 0 Å². The molecule has 1 fully saturated rings. The van der Waals surface area contributed by atoms with Crippen LogP contribution in [0.25, 0.3) is 0 Å². The van der Waals surface area contributed by atoms with Gasteiger partial charge in [-0.3, -0.25) is 0 Å². The monoisotopic (exact) mass is 430 g/mol. The standard InChI is InChI=1S/C25H52NO2S/c1-4-5-6-7-8-9-10-11-12-13-14-15-16-17-18-19-25-28-24(23-29-25)22-26(2,3)20-21-27/h24-25,27H,4-23H2,1-3H3/q+1. The SMILES string of the molecule is CCCCCCCCCCCCCCCCCC1OC(C[N+](C)(C)CCO)CS1. The predicted molar refractivity (Wildman–Crippen MR) is 130 cm³/mol. The van der Waals surface area contributed by atoms with E-state index in [0.29, 0.717) is 11.5 Å². The average Bonchev–Trinajstić information content (AvgIpc) is 3.11. The third-order valence-corrected chi connectivity index (χ3v) is 7.54. The molecular weight excluding hydrogens is 378 g/mol. The van der Waals surface area contributed by atoms with Gasteiger partial charge in [0.2, 0.25) is 0 Å². The van der Waals surface area contributed by atoms with Gasteiger partial charge in [0.25, 0.3) is 0 Å². The quantitative estimate of drug-likeness (QED) is 0.171. The Hall–Kier alpha value is 0.230. The van der Waals surface area contributed by atoms with Gasteiger partial charge in [0.15, 0.2) is 0 Å². The van der Waals surface area contributed by atoms with Crippen molar-refractivity contribution < 1.29 is 14.3 Å². The van der Waals surface area contributed by atoms with Crippen molar-refractivity contribution in [3.05, 3.63) is 0 Å². The van der Waals surface area contributed by atoms with Gasteiger partial charge in [-0.1, -0.05) is 96.8 Å². The first-order valence-corrected chi connectivity index (χ1v) is 13.8. The number of hydrogen-bond acceptors (Lipinski definition) is 3. The highest BCUT2D eigenvalue weighted by atomic mass is 32.2. The van der Waals surface area contributed by atoms with E-state index < -0.39 is 0 Å². The molecule has 0 radical (unpaired) electrons. The van der Waals surface area contributed by atoms with Gasteiger partial charge >= 0.3 is 0 Å². The van der Waals surface area contributed by atoms with E-state index in [0.717, 1.165) is 23.3 Å². The van der Waals surface area contributed by atoms with E-state index in [1.54, 1.807) is 0 Å². The topological polar surface area (TPSA) is 29.5 Å². The molecule has 0 amide bonds. The van der Waals surface area contributed by atoms with E-state index in [1.807, 2.05) is 11.8 Å². The van der Waals surface area contributed by atoms with Gasteiger partial charge in [0, 0.05) is 5.75 Å². The first-order valence-electron chi connectivity index (χ1n) is 12.8. The summed E-state index contributed by atoms with van der Waals surface area (Å²) in [7, 11) is 4.37. The number of nitrogens with zero attached hydrogens (tertiary/aromatic N) is 1. The third kappa shape index (κ3) is 15.6. The molecule has 0 aromatic heterocycles. The Bertz CT molecular complexity index is 365. The summed E-state index contributed by atoms with van der Waals surface area (Å²) in [4.78, 5) is 0. The minimum atomic E-state index is 0.259. The van der Waals surface area contributed by atoms with Crippen LogP contribution >= 0.6 is 11.8 Å². The van der Waals surface area contributed by atoms with E-state index >= 15 is 0 Å². The second-order valence-electron chi connectivity index (χ2n) is 9.82. The highest BCUT2D eigenvalue weighted by Crippen LogP contribution is 2.30. The zero-order valence-corrected chi connectivity index (χ0v) is 20.8. The molecule has 3 nitrogen and oxygen atoms in total. The van der Waals surface area contributed by atoms with Crippen LogP contribution in [-0.2, 0) is 4.74 Å². The fourth-order valence-corrected chi connectivity index (χ4v) is 5.53. The average molecular weight is 431 g/mol. The third-order valence-electron chi connectivity index (χ3n) is 6.26. The molecular formula is C25H52NO2S+. The molecule has 0 aliphatic carbocycles. The maximum atomic E-state index is 9.17. The summed E-state index contributed by atoms with van der Waals surface area (Å²) in [6.07, 6.45) is 23.0. The first-order chi connectivity index (χ1) is 14.1. The van der Waals surface area contributed by atoms with Gasteiger partial charge in [-0.2, -0.15) is 0 Å². The van der Waals surface area contributed by atoms with E-state index in [-0.39, 0.29) is 6.61 Å². The minimum Gasteiger partial charge on any atom is -0.391 e. The van der Waals surface area contributed by atoms with Crippen molar-refractivity contribution in [3.8, 4) is 0 Å². The zero-order chi connectivity index (χ0) is 21.2. The number of quaternary nitrogens is 1. The first kappa shape index (κ1) is 27.3. The molecule has 0 aromatic carbocycles. The number of hydrogen-bond donors (Lipinski definition) is 1. The smallest absolute Gasteiger partial charge is 0.117 e. The van der Waals surface area contributed by atoms with Gasteiger partial charge in [0.1, 0.15) is 24.6 Å². The highest BCUT2D eigenvalue weighted by molar-refractivity contribution is 8.00. The van der Waals surface area contributed by atoms with Crippen molar-refractivity contribution >= 4 is 11.8 Å². The summed E-state index contributed by atoms with van der Waals surface area (Å²) in [5.41, 5.74) is 0.413. The Morgan fingerprint density at radius 1 is 0.793 bits per heavy atom. The van der Waals surface area contributed by atoms with Crippen LogP contribution in [0, 0.1) is 0 Å². The summed E-state index contributed by atoms with van der Waals surface area (Å²) in [5.74, 6) is 1.12. The Balaban J connectivity index is 1.82. The van der Waals surface area contributed by atoms with Gasteiger partial charge in [-0.25, -0.2) is 0 Å². The summed E-state index contributed by atoms with van der Waals surface area (Å²) in [6.45, 7) is 4.38. The minimum absolute atomic E-state index is 0.259. The van der Waals surface area contributed by atoms with Crippen molar-refractivity contribution in [1.82, 2.24) is 0 Å². The van der Waals surface area contributed by atoms with Gasteiger partial charge < -0.3 is 14.3 Å². The molecule has 0 aromatic rings. The number of aliphatic hydroxyl groups excluding tert-OH is 1. The lowest BCUT2D eigenvalue weighted by atomic mass is 10.0. The lowest BCUT2D eigenvalue weighted by Gasteiger charge is -2.31. The molecule has 2 atom stereocenters. The van der Waals surface area contributed by atoms with Gasteiger partial charge in [0.05, 0.1) is 20.7 Å². The Kier molecular flexibility index (Phi) is 16.8. The van der Waals surface area contributed by atoms with Crippen molar-refractivity contribution in [2.75, 3.05) is 39.5 Å². The highest BCUT2D eigenvalue weighted by Gasteiger charge is 2.30. The van der Waals surface area contributed by atoms with Crippen LogP contribution in [0.1, 0.15) is 110 Å². The molecule has 29 heavy (non-hydrogen) atoms. The second-order valence-corrected chi connectivity index (χ2v) is 11.0. The molecule has 1 aliphatic heterocycles. The Morgan fingerprint density at radius 2 is 1.28 bits per heavy atom. The summed E-state index contributed by atoms with van der Waals surface area (Å²) >= 11 is 2.00. The summed E-state index contributed by atoms with van der Waals surface area (Å²) < 4.78 is 7.08. The second kappa shape index (κ2) is 17.9. The molecule has 1 saturated heterocycles. The predicted octanol–water partition coefficient (Wildman–Crippen LogP) is 6.77. The lowest BCUT2D eigenvalue weighted by Crippen LogP contribution is -2.47. The summed E-state index contributed by atoms with van der Waals surface area (Å²) in [5, 5.41) is 9.17. The van der Waals surface area contributed by atoms with Crippen molar-refractivity contribution in [2.45, 2.75) is 121 Å². The van der Waals surface area contributed by atoms with E-state index in [9.17, 15) is 0 Å². The van der Waals surface area contributed by atoms with E-state index in [4.69, 9.17) is 9.84 Å². The molecule has 1 aliphatic rings. The Morgan fingerprint density at radius 3 is 1.76 bits per heavy atom. The maximum absolute atomic E-state index is 9.17. The molecule has 1 rings (SSSR count). The van der Waals surface area contributed by atoms with Crippen LogP contribution in [0.4, 0.5) is 0 Å². The lowest BCUT2D eigenvalue weighted by molar-refractivity contribution is -0.893. The molecule has 0 bridgehead atoms. The number of unbranched alkanes of at least 4 members (excludes halogenated alkanes) is 14. The molecule has 1 N–H and O–H groups in total. The fourth-order valence-electron chi connectivity index (χ4n) is 4.35. The number of rotatable bonds is 20. The number of aliphatic hydroxyl groups is 1. The molecule has 2 unspecified atom stereocenters. The normalized spacial score (nSPS) is 19.9.